The largest absolute Gasteiger partial charge is 0.468 e. The number of carbonyl (C=O) groups is 1. The highest BCUT2D eigenvalue weighted by atomic mass is 16.3. The molecule has 2 aromatic carbocycles. The van der Waals surface area contributed by atoms with E-state index in [2.05, 4.69) is 52.7 Å². The standard InChI is InChI=1S/C23H27N3O2/c1-18(22-10-5-15-28-22)24-16-23(27)26-13-11-25(12-14-26)17-20-8-4-7-19-6-2-3-9-21(19)20/h2-10,15,18,24H,11-14,16-17H2,1H3/t18-/m0/s1. The Balaban J connectivity index is 1.28. The predicted octanol–water partition coefficient (Wildman–Crippen LogP) is 3.43. The van der Waals surface area contributed by atoms with Gasteiger partial charge < -0.3 is 9.32 Å². The zero-order valence-corrected chi connectivity index (χ0v) is 16.3. The number of rotatable bonds is 6. The Hall–Kier alpha value is -2.63. The first-order valence-electron chi connectivity index (χ1n) is 9.94. The summed E-state index contributed by atoms with van der Waals surface area (Å²) in [6, 6.07) is 18.8. The highest BCUT2D eigenvalue weighted by Crippen LogP contribution is 2.20. The summed E-state index contributed by atoms with van der Waals surface area (Å²) in [5.74, 6) is 1.01. The van der Waals surface area contributed by atoms with E-state index in [1.165, 1.54) is 16.3 Å². The normalized spacial score (nSPS) is 16.4. The van der Waals surface area contributed by atoms with E-state index in [4.69, 9.17) is 4.42 Å². The van der Waals surface area contributed by atoms with E-state index < -0.39 is 0 Å². The summed E-state index contributed by atoms with van der Waals surface area (Å²) in [5, 5.41) is 5.86. The van der Waals surface area contributed by atoms with E-state index >= 15 is 0 Å². The molecule has 0 unspecified atom stereocenters. The minimum Gasteiger partial charge on any atom is -0.468 e. The van der Waals surface area contributed by atoms with Gasteiger partial charge in [-0.2, -0.15) is 0 Å². The van der Waals surface area contributed by atoms with Crippen LogP contribution in [0.1, 0.15) is 24.3 Å². The molecule has 5 nitrogen and oxygen atoms in total. The molecular formula is C23H27N3O2. The van der Waals surface area contributed by atoms with Gasteiger partial charge in [0.1, 0.15) is 5.76 Å². The monoisotopic (exact) mass is 377 g/mol. The Labute approximate surface area is 165 Å². The van der Waals surface area contributed by atoms with Crippen LogP contribution in [0.15, 0.2) is 65.3 Å². The van der Waals surface area contributed by atoms with Gasteiger partial charge >= 0.3 is 0 Å². The van der Waals surface area contributed by atoms with Crippen molar-refractivity contribution < 1.29 is 9.21 Å². The predicted molar refractivity (Wildman–Crippen MR) is 111 cm³/mol. The molecule has 1 fully saturated rings. The van der Waals surface area contributed by atoms with Crippen LogP contribution in [-0.4, -0.2) is 48.4 Å². The molecule has 0 bridgehead atoms. The Morgan fingerprint density at radius 1 is 1.04 bits per heavy atom. The van der Waals surface area contributed by atoms with Gasteiger partial charge in [-0.3, -0.25) is 15.0 Å². The summed E-state index contributed by atoms with van der Waals surface area (Å²) >= 11 is 0. The lowest BCUT2D eigenvalue weighted by atomic mass is 10.0. The van der Waals surface area contributed by atoms with Crippen LogP contribution in [0, 0.1) is 0 Å². The van der Waals surface area contributed by atoms with E-state index in [1.807, 2.05) is 24.0 Å². The minimum atomic E-state index is 0.0339. The second-order valence-corrected chi connectivity index (χ2v) is 7.41. The van der Waals surface area contributed by atoms with E-state index in [1.54, 1.807) is 6.26 Å². The van der Waals surface area contributed by atoms with Crippen LogP contribution in [0.4, 0.5) is 0 Å². The van der Waals surface area contributed by atoms with Crippen molar-refractivity contribution in [3.63, 3.8) is 0 Å². The van der Waals surface area contributed by atoms with Gasteiger partial charge in [0.15, 0.2) is 0 Å². The van der Waals surface area contributed by atoms with Gasteiger partial charge in [-0.25, -0.2) is 0 Å². The fourth-order valence-corrected chi connectivity index (χ4v) is 3.82. The molecule has 1 N–H and O–H groups in total. The van der Waals surface area contributed by atoms with Gasteiger partial charge in [0, 0.05) is 32.7 Å². The number of furan rings is 1. The molecule has 4 rings (SSSR count). The number of fused-ring (bicyclic) bond motifs is 1. The molecule has 1 saturated heterocycles. The number of nitrogens with zero attached hydrogens (tertiary/aromatic N) is 2. The number of piperazine rings is 1. The van der Waals surface area contributed by atoms with Crippen molar-refractivity contribution in [3.05, 3.63) is 72.2 Å². The van der Waals surface area contributed by atoms with Crippen molar-refractivity contribution in [2.24, 2.45) is 0 Å². The quantitative estimate of drug-likeness (QED) is 0.715. The van der Waals surface area contributed by atoms with Crippen molar-refractivity contribution in [1.82, 2.24) is 15.1 Å². The van der Waals surface area contributed by atoms with E-state index in [0.29, 0.717) is 6.54 Å². The Kier molecular flexibility index (Phi) is 5.74. The molecule has 2 heterocycles. The van der Waals surface area contributed by atoms with E-state index in [9.17, 15) is 4.79 Å². The topological polar surface area (TPSA) is 48.7 Å². The van der Waals surface area contributed by atoms with Gasteiger partial charge in [0.25, 0.3) is 0 Å². The number of hydrogen-bond acceptors (Lipinski definition) is 4. The summed E-state index contributed by atoms with van der Waals surface area (Å²) in [6.07, 6.45) is 1.66. The minimum absolute atomic E-state index is 0.0339. The molecule has 28 heavy (non-hydrogen) atoms. The number of benzene rings is 2. The third kappa shape index (κ3) is 4.26. The lowest BCUT2D eigenvalue weighted by Crippen LogP contribution is -2.50. The lowest BCUT2D eigenvalue weighted by molar-refractivity contribution is -0.132. The molecule has 1 aliphatic rings. The van der Waals surface area contributed by atoms with Gasteiger partial charge in [0.05, 0.1) is 18.8 Å². The number of amides is 1. The maximum Gasteiger partial charge on any atom is 0.236 e. The summed E-state index contributed by atoms with van der Waals surface area (Å²) < 4.78 is 5.38. The molecule has 0 saturated carbocycles. The molecule has 0 spiro atoms. The van der Waals surface area contributed by atoms with Gasteiger partial charge in [-0.1, -0.05) is 42.5 Å². The fourth-order valence-electron chi connectivity index (χ4n) is 3.82. The molecule has 1 aliphatic heterocycles. The maximum atomic E-state index is 12.5. The SMILES string of the molecule is C[C@H](NCC(=O)N1CCN(Cc2cccc3ccccc23)CC1)c1ccco1. The van der Waals surface area contributed by atoms with Gasteiger partial charge in [-0.15, -0.1) is 0 Å². The van der Waals surface area contributed by atoms with Crippen molar-refractivity contribution in [2.75, 3.05) is 32.7 Å². The summed E-state index contributed by atoms with van der Waals surface area (Å²) in [7, 11) is 0. The van der Waals surface area contributed by atoms with Crippen LogP contribution >= 0.6 is 0 Å². The molecule has 5 heteroatoms. The molecule has 3 aromatic rings. The van der Waals surface area contributed by atoms with Crippen molar-refractivity contribution in [2.45, 2.75) is 19.5 Å². The van der Waals surface area contributed by atoms with Crippen LogP contribution < -0.4 is 5.32 Å². The van der Waals surface area contributed by atoms with Gasteiger partial charge in [0.2, 0.25) is 5.91 Å². The van der Waals surface area contributed by atoms with Gasteiger partial charge in [-0.05, 0) is 35.4 Å². The number of nitrogens with one attached hydrogen (secondary N) is 1. The first-order chi connectivity index (χ1) is 13.7. The molecule has 146 valence electrons. The smallest absolute Gasteiger partial charge is 0.236 e. The van der Waals surface area contributed by atoms with Crippen LogP contribution in [0.25, 0.3) is 10.8 Å². The third-order valence-corrected chi connectivity index (χ3v) is 5.53. The van der Waals surface area contributed by atoms with Crippen LogP contribution in [0.5, 0.6) is 0 Å². The van der Waals surface area contributed by atoms with E-state index in [0.717, 1.165) is 38.5 Å². The Morgan fingerprint density at radius 3 is 2.61 bits per heavy atom. The van der Waals surface area contributed by atoms with Crippen LogP contribution in [0.2, 0.25) is 0 Å². The Morgan fingerprint density at radius 2 is 1.82 bits per heavy atom. The number of carbonyl (C=O) groups excluding carboxylic acids is 1. The highest BCUT2D eigenvalue weighted by Gasteiger charge is 2.22. The van der Waals surface area contributed by atoms with Crippen molar-refractivity contribution >= 4 is 16.7 Å². The first-order valence-corrected chi connectivity index (χ1v) is 9.94. The molecule has 0 radical (unpaired) electrons. The second-order valence-electron chi connectivity index (χ2n) is 7.41. The van der Waals surface area contributed by atoms with Crippen LogP contribution in [-0.2, 0) is 11.3 Å². The summed E-state index contributed by atoms with van der Waals surface area (Å²) in [6.45, 7) is 6.64. The fraction of sp³-hybridized carbons (Fsp3) is 0.348. The second kappa shape index (κ2) is 8.59. The maximum absolute atomic E-state index is 12.5. The van der Waals surface area contributed by atoms with Crippen molar-refractivity contribution in [1.29, 1.82) is 0 Å². The first kappa shape index (κ1) is 18.7. The Bertz CT molecular complexity index is 909. The summed E-state index contributed by atoms with van der Waals surface area (Å²) in [5.41, 5.74) is 1.35. The van der Waals surface area contributed by atoms with E-state index in [-0.39, 0.29) is 11.9 Å². The molecule has 1 amide bonds. The molecular weight excluding hydrogens is 350 g/mol. The lowest BCUT2D eigenvalue weighted by Gasteiger charge is -2.35. The average Bonchev–Trinajstić information content (AvgIpc) is 3.28. The molecule has 0 aliphatic carbocycles. The number of hydrogen-bond donors (Lipinski definition) is 1. The zero-order valence-electron chi connectivity index (χ0n) is 16.3. The third-order valence-electron chi connectivity index (χ3n) is 5.53. The average molecular weight is 377 g/mol. The molecule has 1 atom stereocenters. The van der Waals surface area contributed by atoms with Crippen LogP contribution in [0.3, 0.4) is 0 Å². The molecule has 1 aromatic heterocycles. The van der Waals surface area contributed by atoms with Crippen molar-refractivity contribution in [3.8, 4) is 0 Å². The highest BCUT2D eigenvalue weighted by molar-refractivity contribution is 5.85. The zero-order chi connectivity index (χ0) is 19.3. The summed E-state index contributed by atoms with van der Waals surface area (Å²) in [4.78, 5) is 16.9.